The Morgan fingerprint density at radius 1 is 1.16 bits per heavy atom. The molecule has 5 heteroatoms. The van der Waals surface area contributed by atoms with E-state index in [0.29, 0.717) is 17.9 Å². The predicted octanol–water partition coefficient (Wildman–Crippen LogP) is 3.09. The van der Waals surface area contributed by atoms with Crippen LogP contribution in [0.25, 0.3) is 11.6 Å². The summed E-state index contributed by atoms with van der Waals surface area (Å²) in [6.45, 7) is 1.69. The van der Waals surface area contributed by atoms with Gasteiger partial charge in [-0.25, -0.2) is 0 Å². The summed E-state index contributed by atoms with van der Waals surface area (Å²) in [5.41, 5.74) is 9.70. The van der Waals surface area contributed by atoms with Gasteiger partial charge in [0.25, 0.3) is 5.91 Å². The van der Waals surface area contributed by atoms with Gasteiger partial charge in [0.2, 0.25) is 0 Å². The Morgan fingerprint density at radius 2 is 1.92 bits per heavy atom. The number of hydrogen-bond acceptors (Lipinski definition) is 4. The monoisotopic (exact) mass is 337 g/mol. The van der Waals surface area contributed by atoms with Crippen LogP contribution in [0, 0.1) is 0 Å². The minimum atomic E-state index is -0.107. The van der Waals surface area contributed by atoms with Crippen LogP contribution in [0.5, 0.6) is 5.75 Å². The highest BCUT2D eigenvalue weighted by atomic mass is 16.5. The summed E-state index contributed by atoms with van der Waals surface area (Å²) in [7, 11) is 4.10. The van der Waals surface area contributed by atoms with E-state index in [-0.39, 0.29) is 5.91 Å². The Kier molecular flexibility index (Phi) is 5.05. The van der Waals surface area contributed by atoms with Gasteiger partial charge in [0.1, 0.15) is 5.75 Å². The van der Waals surface area contributed by atoms with Crippen LogP contribution >= 0.6 is 0 Å². The molecule has 5 nitrogen and oxygen atoms in total. The third-order valence-electron chi connectivity index (χ3n) is 4.04. The van der Waals surface area contributed by atoms with Crippen LogP contribution in [0.4, 0.5) is 11.4 Å². The Morgan fingerprint density at radius 3 is 2.64 bits per heavy atom. The van der Waals surface area contributed by atoms with Crippen LogP contribution in [0.1, 0.15) is 17.5 Å². The molecule has 0 saturated heterocycles. The van der Waals surface area contributed by atoms with Crippen molar-refractivity contribution in [3.05, 3.63) is 53.6 Å². The number of nitrogens with zero attached hydrogens (tertiary/aromatic N) is 1. The Bertz CT molecular complexity index is 795. The lowest BCUT2D eigenvalue weighted by molar-refractivity contribution is -0.110. The lowest BCUT2D eigenvalue weighted by Crippen LogP contribution is -2.15. The van der Waals surface area contributed by atoms with E-state index in [4.69, 9.17) is 10.5 Å². The van der Waals surface area contributed by atoms with Gasteiger partial charge >= 0.3 is 0 Å². The third-order valence-corrected chi connectivity index (χ3v) is 4.04. The molecule has 1 aliphatic rings. The second-order valence-corrected chi connectivity index (χ2v) is 6.39. The van der Waals surface area contributed by atoms with E-state index in [1.165, 1.54) is 0 Å². The number of hydrogen-bond donors (Lipinski definition) is 2. The van der Waals surface area contributed by atoms with Crippen LogP contribution in [0.3, 0.4) is 0 Å². The predicted molar refractivity (Wildman–Crippen MR) is 102 cm³/mol. The normalized spacial score (nSPS) is 14.7. The van der Waals surface area contributed by atoms with Crippen LogP contribution in [-0.4, -0.2) is 38.1 Å². The second kappa shape index (κ2) is 7.40. The van der Waals surface area contributed by atoms with Crippen molar-refractivity contribution >= 4 is 28.9 Å². The molecule has 1 aliphatic heterocycles. The Balaban J connectivity index is 1.70. The van der Waals surface area contributed by atoms with Crippen molar-refractivity contribution in [2.24, 2.45) is 0 Å². The van der Waals surface area contributed by atoms with E-state index in [2.05, 4.69) is 10.2 Å². The fourth-order valence-electron chi connectivity index (χ4n) is 2.75. The van der Waals surface area contributed by atoms with Crippen molar-refractivity contribution < 1.29 is 9.53 Å². The molecule has 0 aliphatic carbocycles. The van der Waals surface area contributed by atoms with Crippen molar-refractivity contribution in [2.75, 3.05) is 38.3 Å². The first kappa shape index (κ1) is 17.0. The minimum Gasteiger partial charge on any atom is -0.494 e. The number of benzene rings is 2. The lowest BCUT2D eigenvalue weighted by Gasteiger charge is -2.10. The van der Waals surface area contributed by atoms with E-state index in [0.717, 1.165) is 35.5 Å². The molecule has 0 aromatic heterocycles. The van der Waals surface area contributed by atoms with Crippen molar-refractivity contribution in [3.63, 3.8) is 0 Å². The van der Waals surface area contributed by atoms with E-state index >= 15 is 0 Å². The van der Waals surface area contributed by atoms with Gasteiger partial charge in [0, 0.05) is 29.1 Å². The quantitative estimate of drug-likeness (QED) is 0.483. The molecular weight excluding hydrogens is 314 g/mol. The molecule has 0 fully saturated rings. The van der Waals surface area contributed by atoms with Crippen LogP contribution < -0.4 is 15.8 Å². The van der Waals surface area contributed by atoms with Gasteiger partial charge in [-0.1, -0.05) is 12.1 Å². The first-order valence-electron chi connectivity index (χ1n) is 8.33. The van der Waals surface area contributed by atoms with Crippen molar-refractivity contribution in [2.45, 2.75) is 6.42 Å². The fraction of sp³-hybridized carbons (Fsp3) is 0.250. The number of nitrogens with one attached hydrogen (secondary N) is 1. The molecule has 130 valence electrons. The fourth-order valence-corrected chi connectivity index (χ4v) is 2.75. The second-order valence-electron chi connectivity index (χ2n) is 6.39. The average molecular weight is 337 g/mol. The first-order chi connectivity index (χ1) is 12.0. The number of nitrogens with two attached hydrogens (primary N) is 1. The highest BCUT2D eigenvalue weighted by Crippen LogP contribution is 2.34. The summed E-state index contributed by atoms with van der Waals surface area (Å²) in [6, 6.07) is 13.2. The van der Waals surface area contributed by atoms with Crippen molar-refractivity contribution in [1.29, 1.82) is 0 Å². The van der Waals surface area contributed by atoms with Crippen LogP contribution in [-0.2, 0) is 4.79 Å². The number of amides is 1. The zero-order chi connectivity index (χ0) is 17.8. The molecule has 25 heavy (non-hydrogen) atoms. The number of rotatable bonds is 6. The molecule has 0 saturated carbocycles. The average Bonchev–Trinajstić information content (AvgIpc) is 2.88. The number of fused-ring (bicyclic) bond motifs is 1. The van der Waals surface area contributed by atoms with Gasteiger partial charge in [-0.05, 0) is 62.5 Å². The summed E-state index contributed by atoms with van der Waals surface area (Å²) in [4.78, 5) is 14.3. The molecule has 1 amide bonds. The zero-order valence-corrected chi connectivity index (χ0v) is 14.6. The van der Waals surface area contributed by atoms with Crippen LogP contribution in [0.2, 0.25) is 0 Å². The van der Waals surface area contributed by atoms with Gasteiger partial charge in [-0.2, -0.15) is 0 Å². The highest BCUT2D eigenvalue weighted by molar-refractivity contribution is 6.35. The smallest absolute Gasteiger partial charge is 0.256 e. The molecule has 0 bridgehead atoms. The number of carbonyl (C=O) groups is 1. The van der Waals surface area contributed by atoms with Crippen LogP contribution in [0.15, 0.2) is 42.5 Å². The largest absolute Gasteiger partial charge is 0.494 e. The van der Waals surface area contributed by atoms with Gasteiger partial charge in [-0.3, -0.25) is 4.79 Å². The minimum absolute atomic E-state index is 0.107. The molecule has 3 N–H and O–H groups in total. The van der Waals surface area contributed by atoms with E-state index in [9.17, 15) is 4.79 Å². The maximum atomic E-state index is 12.2. The summed E-state index contributed by atoms with van der Waals surface area (Å²) in [6.07, 6.45) is 2.85. The molecule has 1 heterocycles. The lowest BCUT2D eigenvalue weighted by atomic mass is 10.0. The van der Waals surface area contributed by atoms with E-state index in [1.54, 1.807) is 6.07 Å². The molecular formula is C20H23N3O2. The molecule has 0 radical (unpaired) electrons. The van der Waals surface area contributed by atoms with Gasteiger partial charge in [0.15, 0.2) is 0 Å². The van der Waals surface area contributed by atoms with Crippen molar-refractivity contribution in [3.8, 4) is 5.75 Å². The molecule has 2 aromatic carbocycles. The Hall–Kier alpha value is -2.79. The third kappa shape index (κ3) is 4.19. The molecule has 0 spiro atoms. The highest BCUT2D eigenvalue weighted by Gasteiger charge is 2.23. The van der Waals surface area contributed by atoms with Gasteiger partial charge < -0.3 is 20.7 Å². The summed E-state index contributed by atoms with van der Waals surface area (Å²) >= 11 is 0. The summed E-state index contributed by atoms with van der Waals surface area (Å²) < 4.78 is 5.73. The molecule has 0 atom stereocenters. The topological polar surface area (TPSA) is 67.6 Å². The molecule has 0 unspecified atom stereocenters. The van der Waals surface area contributed by atoms with E-state index < -0.39 is 0 Å². The number of carbonyl (C=O) groups excluding carboxylic acids is 1. The molecule has 2 aromatic rings. The van der Waals surface area contributed by atoms with Crippen molar-refractivity contribution in [1.82, 2.24) is 4.90 Å². The maximum Gasteiger partial charge on any atom is 0.256 e. The zero-order valence-electron chi connectivity index (χ0n) is 14.6. The number of nitrogen functional groups attached to an aromatic ring is 1. The molecule has 3 rings (SSSR count). The number of ether oxygens (including phenoxy) is 1. The summed E-state index contributed by atoms with van der Waals surface area (Å²) in [5, 5.41) is 2.86. The van der Waals surface area contributed by atoms with Gasteiger partial charge in [-0.15, -0.1) is 0 Å². The first-order valence-corrected chi connectivity index (χ1v) is 8.33. The van der Waals surface area contributed by atoms with Gasteiger partial charge in [0.05, 0.1) is 6.61 Å². The summed E-state index contributed by atoms with van der Waals surface area (Å²) in [5.74, 6) is 0.728. The number of anilines is 2. The standard InChI is InChI=1S/C20H23N3O2/c1-23(2)10-3-11-25-16-7-4-14(5-8-16)12-18-17-13-15(21)6-9-19(17)22-20(18)24/h4-9,12-13H,3,10-11,21H2,1-2H3,(H,22,24). The maximum absolute atomic E-state index is 12.2. The SMILES string of the molecule is CN(C)CCCOc1ccc(C=C2C(=O)Nc3ccc(N)cc32)cc1. The Labute approximate surface area is 148 Å². The van der Waals surface area contributed by atoms with E-state index in [1.807, 2.05) is 56.6 Å².